The number of benzene rings is 1. The summed E-state index contributed by atoms with van der Waals surface area (Å²) in [5.74, 6) is -0.241. The Labute approximate surface area is 132 Å². The SMILES string of the molecule is CNC(=S)N1N=C(c2ccc(F)cc2)CC1c1cccs1. The molecule has 108 valence electrons. The van der Waals surface area contributed by atoms with Gasteiger partial charge in [0.1, 0.15) is 5.82 Å². The molecule has 6 heteroatoms. The zero-order valence-electron chi connectivity index (χ0n) is 11.4. The summed E-state index contributed by atoms with van der Waals surface area (Å²) >= 11 is 7.03. The minimum absolute atomic E-state index is 0.102. The molecule has 0 saturated heterocycles. The second kappa shape index (κ2) is 5.91. The summed E-state index contributed by atoms with van der Waals surface area (Å²) < 4.78 is 13.1. The fourth-order valence-corrected chi connectivity index (χ4v) is 3.31. The van der Waals surface area contributed by atoms with Gasteiger partial charge in [-0.15, -0.1) is 11.3 Å². The summed E-state index contributed by atoms with van der Waals surface area (Å²) in [5.41, 5.74) is 1.85. The Morgan fingerprint density at radius 3 is 2.76 bits per heavy atom. The Morgan fingerprint density at radius 2 is 2.14 bits per heavy atom. The van der Waals surface area contributed by atoms with Crippen LogP contribution in [0.4, 0.5) is 4.39 Å². The lowest BCUT2D eigenvalue weighted by Crippen LogP contribution is -2.34. The van der Waals surface area contributed by atoms with Gasteiger partial charge in [-0.25, -0.2) is 9.40 Å². The van der Waals surface area contributed by atoms with Crippen molar-refractivity contribution in [2.45, 2.75) is 12.5 Å². The fraction of sp³-hybridized carbons (Fsp3) is 0.200. The van der Waals surface area contributed by atoms with E-state index in [4.69, 9.17) is 12.2 Å². The highest BCUT2D eigenvalue weighted by Gasteiger charge is 2.31. The number of hydrogen-bond donors (Lipinski definition) is 1. The maximum atomic E-state index is 13.1. The quantitative estimate of drug-likeness (QED) is 0.858. The molecule has 0 aliphatic carbocycles. The van der Waals surface area contributed by atoms with E-state index in [2.05, 4.69) is 16.5 Å². The Balaban J connectivity index is 1.93. The summed E-state index contributed by atoms with van der Waals surface area (Å²) in [5, 5.41) is 12.1. The number of rotatable bonds is 2. The molecule has 21 heavy (non-hydrogen) atoms. The van der Waals surface area contributed by atoms with E-state index < -0.39 is 0 Å². The molecule has 0 spiro atoms. The first-order chi connectivity index (χ1) is 10.2. The van der Waals surface area contributed by atoms with Crippen molar-refractivity contribution in [3.05, 3.63) is 58.0 Å². The van der Waals surface area contributed by atoms with Crippen LogP contribution < -0.4 is 5.32 Å². The molecule has 0 saturated carbocycles. The fourth-order valence-electron chi connectivity index (χ4n) is 2.33. The first kappa shape index (κ1) is 14.2. The molecule has 1 aliphatic rings. The van der Waals surface area contributed by atoms with Gasteiger partial charge < -0.3 is 5.32 Å². The van der Waals surface area contributed by atoms with Crippen LogP contribution in [0, 0.1) is 5.82 Å². The molecule has 1 N–H and O–H groups in total. The average Bonchev–Trinajstić information content (AvgIpc) is 3.16. The Bertz CT molecular complexity index is 665. The summed E-state index contributed by atoms with van der Waals surface area (Å²) in [4.78, 5) is 1.22. The highest BCUT2D eigenvalue weighted by Crippen LogP contribution is 2.35. The highest BCUT2D eigenvalue weighted by atomic mass is 32.1. The van der Waals surface area contributed by atoms with Crippen LogP contribution in [0.2, 0.25) is 0 Å². The van der Waals surface area contributed by atoms with Gasteiger partial charge in [-0.3, -0.25) is 0 Å². The zero-order valence-corrected chi connectivity index (χ0v) is 13.0. The molecule has 3 nitrogen and oxygen atoms in total. The van der Waals surface area contributed by atoms with Crippen molar-refractivity contribution in [2.75, 3.05) is 7.05 Å². The summed E-state index contributed by atoms with van der Waals surface area (Å²) in [6, 6.07) is 10.6. The molecule has 3 rings (SSSR count). The van der Waals surface area contributed by atoms with Crippen LogP contribution in [-0.2, 0) is 0 Å². The predicted molar refractivity (Wildman–Crippen MR) is 88.1 cm³/mol. The average molecular weight is 319 g/mol. The van der Waals surface area contributed by atoms with E-state index >= 15 is 0 Å². The Morgan fingerprint density at radius 1 is 1.38 bits per heavy atom. The molecule has 1 unspecified atom stereocenters. The van der Waals surface area contributed by atoms with Crippen LogP contribution in [-0.4, -0.2) is 22.9 Å². The van der Waals surface area contributed by atoms with Crippen LogP contribution in [0.25, 0.3) is 0 Å². The highest BCUT2D eigenvalue weighted by molar-refractivity contribution is 7.80. The van der Waals surface area contributed by atoms with Gasteiger partial charge in [0.25, 0.3) is 0 Å². The lowest BCUT2D eigenvalue weighted by molar-refractivity contribution is 0.371. The molecule has 0 amide bonds. The normalized spacial score (nSPS) is 17.7. The number of thiophene rings is 1. The van der Waals surface area contributed by atoms with Crippen molar-refractivity contribution < 1.29 is 4.39 Å². The van der Waals surface area contributed by atoms with E-state index in [1.807, 2.05) is 16.5 Å². The second-order valence-electron chi connectivity index (χ2n) is 4.69. The predicted octanol–water partition coefficient (Wildman–Crippen LogP) is 3.54. The third kappa shape index (κ3) is 2.82. The summed E-state index contributed by atoms with van der Waals surface area (Å²) in [7, 11) is 1.79. The van der Waals surface area contributed by atoms with Crippen molar-refractivity contribution in [1.29, 1.82) is 0 Å². The molecule has 1 atom stereocenters. The van der Waals surface area contributed by atoms with Crippen molar-refractivity contribution in [3.63, 3.8) is 0 Å². The smallest absolute Gasteiger partial charge is 0.190 e. The van der Waals surface area contributed by atoms with Crippen molar-refractivity contribution in [3.8, 4) is 0 Å². The summed E-state index contributed by atoms with van der Waals surface area (Å²) in [6.45, 7) is 0. The van der Waals surface area contributed by atoms with Gasteiger partial charge in [-0.05, 0) is 41.4 Å². The van der Waals surface area contributed by atoms with E-state index in [-0.39, 0.29) is 11.9 Å². The van der Waals surface area contributed by atoms with Gasteiger partial charge >= 0.3 is 0 Å². The Kier molecular flexibility index (Phi) is 3.98. The molecule has 0 bridgehead atoms. The molecule has 1 aromatic heterocycles. The van der Waals surface area contributed by atoms with Crippen LogP contribution >= 0.6 is 23.6 Å². The summed E-state index contributed by atoms with van der Waals surface area (Å²) in [6.07, 6.45) is 0.758. The number of nitrogens with one attached hydrogen (secondary N) is 1. The number of hydrogen-bond acceptors (Lipinski definition) is 3. The van der Waals surface area contributed by atoms with Crippen molar-refractivity contribution in [1.82, 2.24) is 10.3 Å². The van der Waals surface area contributed by atoms with E-state index in [9.17, 15) is 4.39 Å². The van der Waals surface area contributed by atoms with Gasteiger partial charge in [0.05, 0.1) is 11.8 Å². The largest absolute Gasteiger partial charge is 0.364 e. The lowest BCUT2D eigenvalue weighted by atomic mass is 10.0. The van der Waals surface area contributed by atoms with Crippen LogP contribution in [0.15, 0.2) is 46.9 Å². The topological polar surface area (TPSA) is 27.6 Å². The maximum absolute atomic E-state index is 13.1. The Hall–Kier alpha value is -1.79. The molecular weight excluding hydrogens is 305 g/mol. The van der Waals surface area contributed by atoms with Crippen LogP contribution in [0.3, 0.4) is 0 Å². The van der Waals surface area contributed by atoms with Crippen molar-refractivity contribution >= 4 is 34.4 Å². The zero-order chi connectivity index (χ0) is 14.8. The number of hydrazone groups is 1. The number of thiocarbonyl (C=S) groups is 1. The van der Waals surface area contributed by atoms with E-state index in [1.165, 1.54) is 17.0 Å². The van der Waals surface area contributed by atoms with Gasteiger partial charge in [0.2, 0.25) is 0 Å². The number of halogens is 1. The van der Waals surface area contributed by atoms with Gasteiger partial charge in [-0.2, -0.15) is 5.10 Å². The second-order valence-corrected chi connectivity index (χ2v) is 6.05. The van der Waals surface area contributed by atoms with E-state index in [0.717, 1.165) is 17.7 Å². The number of nitrogens with zero attached hydrogens (tertiary/aromatic N) is 2. The third-order valence-corrected chi connectivity index (χ3v) is 4.75. The molecule has 2 aromatic rings. The van der Waals surface area contributed by atoms with Crippen LogP contribution in [0.1, 0.15) is 22.9 Å². The minimum atomic E-state index is -0.241. The molecule has 1 aromatic carbocycles. The van der Waals surface area contributed by atoms with Crippen LogP contribution in [0.5, 0.6) is 0 Å². The first-order valence-corrected chi connectivity index (χ1v) is 7.85. The lowest BCUT2D eigenvalue weighted by Gasteiger charge is -2.22. The van der Waals surface area contributed by atoms with E-state index in [0.29, 0.717) is 5.11 Å². The molecule has 2 heterocycles. The molecule has 0 fully saturated rings. The standard InChI is InChI=1S/C15H14FN3S2/c1-17-15(20)19-13(14-3-2-8-21-14)9-12(18-19)10-4-6-11(16)7-5-10/h2-8,13H,9H2,1H3,(H,17,20). The minimum Gasteiger partial charge on any atom is -0.364 e. The molecule has 0 radical (unpaired) electrons. The van der Waals surface area contributed by atoms with Gasteiger partial charge in [0, 0.05) is 18.3 Å². The maximum Gasteiger partial charge on any atom is 0.190 e. The molecule has 1 aliphatic heterocycles. The van der Waals surface area contributed by atoms with Gasteiger partial charge in [0.15, 0.2) is 5.11 Å². The first-order valence-electron chi connectivity index (χ1n) is 6.57. The van der Waals surface area contributed by atoms with Gasteiger partial charge in [-0.1, -0.05) is 18.2 Å². The van der Waals surface area contributed by atoms with E-state index in [1.54, 1.807) is 30.5 Å². The monoisotopic (exact) mass is 319 g/mol. The molecular formula is C15H14FN3S2. The third-order valence-electron chi connectivity index (χ3n) is 3.38. The van der Waals surface area contributed by atoms with Crippen molar-refractivity contribution in [2.24, 2.45) is 5.10 Å².